The molecule has 0 atom stereocenters. The molecule has 21 heavy (non-hydrogen) atoms. The molecule has 2 heterocycles. The second-order valence-electron chi connectivity index (χ2n) is 4.85. The highest BCUT2D eigenvalue weighted by Gasteiger charge is 2.25. The fourth-order valence-corrected chi connectivity index (χ4v) is 2.51. The summed E-state index contributed by atoms with van der Waals surface area (Å²) in [5, 5.41) is 10.7. The number of carbonyl (C=O) groups is 1. The predicted octanol–water partition coefficient (Wildman–Crippen LogP) is 2.12. The highest BCUT2D eigenvalue weighted by atomic mass is 16.6. The van der Waals surface area contributed by atoms with Gasteiger partial charge in [0.1, 0.15) is 0 Å². The molecule has 1 amide bonds. The number of fused-ring (bicyclic) bond motifs is 1. The van der Waals surface area contributed by atoms with Gasteiger partial charge in [0.15, 0.2) is 5.69 Å². The van der Waals surface area contributed by atoms with Crippen LogP contribution in [0.25, 0.3) is 0 Å². The van der Waals surface area contributed by atoms with Crippen molar-refractivity contribution in [2.24, 2.45) is 0 Å². The molecule has 2 aromatic rings. The molecular formula is C15H13N3O3. The van der Waals surface area contributed by atoms with Crippen molar-refractivity contribution < 1.29 is 9.72 Å². The van der Waals surface area contributed by atoms with E-state index in [2.05, 4.69) is 4.98 Å². The Morgan fingerprint density at radius 2 is 2.05 bits per heavy atom. The van der Waals surface area contributed by atoms with E-state index < -0.39 is 4.92 Å². The van der Waals surface area contributed by atoms with Crippen molar-refractivity contribution in [2.75, 3.05) is 11.4 Å². The molecular weight excluding hydrogens is 270 g/mol. The summed E-state index contributed by atoms with van der Waals surface area (Å²) in [7, 11) is 0. The quantitative estimate of drug-likeness (QED) is 0.638. The van der Waals surface area contributed by atoms with E-state index >= 15 is 0 Å². The number of amides is 1. The van der Waals surface area contributed by atoms with Crippen LogP contribution in [0.15, 0.2) is 42.5 Å². The summed E-state index contributed by atoms with van der Waals surface area (Å²) in [5.41, 5.74) is 2.49. The third kappa shape index (κ3) is 2.60. The van der Waals surface area contributed by atoms with Gasteiger partial charge in [-0.3, -0.25) is 4.79 Å². The van der Waals surface area contributed by atoms with Crippen molar-refractivity contribution in [3.8, 4) is 0 Å². The van der Waals surface area contributed by atoms with Crippen LogP contribution in [-0.4, -0.2) is 22.4 Å². The lowest BCUT2D eigenvalue weighted by Gasteiger charge is -2.16. The lowest BCUT2D eigenvalue weighted by atomic mass is 10.2. The number of para-hydroxylation sites is 1. The Hall–Kier alpha value is -2.76. The van der Waals surface area contributed by atoms with Gasteiger partial charge in [0.25, 0.3) is 0 Å². The zero-order valence-electron chi connectivity index (χ0n) is 11.2. The molecule has 6 heteroatoms. The Morgan fingerprint density at radius 3 is 2.86 bits per heavy atom. The fraction of sp³-hybridized carbons (Fsp3) is 0.200. The number of pyridine rings is 1. The first-order valence-electron chi connectivity index (χ1n) is 6.64. The Bertz CT molecular complexity index is 715. The largest absolute Gasteiger partial charge is 0.363 e. The van der Waals surface area contributed by atoms with Crippen molar-refractivity contribution in [3.05, 3.63) is 63.8 Å². The first kappa shape index (κ1) is 13.2. The third-order valence-electron chi connectivity index (χ3n) is 3.50. The van der Waals surface area contributed by atoms with Gasteiger partial charge in [0.2, 0.25) is 5.91 Å². The molecule has 1 aliphatic heterocycles. The van der Waals surface area contributed by atoms with Crippen LogP contribution >= 0.6 is 0 Å². The molecule has 0 fully saturated rings. The van der Waals surface area contributed by atoms with Crippen molar-refractivity contribution in [3.63, 3.8) is 0 Å². The number of benzene rings is 1. The highest BCUT2D eigenvalue weighted by molar-refractivity contribution is 5.96. The molecule has 3 rings (SSSR count). The summed E-state index contributed by atoms with van der Waals surface area (Å²) in [5.74, 6) is -0.324. The van der Waals surface area contributed by atoms with Crippen LogP contribution in [0, 0.1) is 10.1 Å². The average Bonchev–Trinajstić information content (AvgIpc) is 2.91. The summed E-state index contributed by atoms with van der Waals surface area (Å²) in [6.07, 6.45) is 0.903. The van der Waals surface area contributed by atoms with Crippen LogP contribution < -0.4 is 4.90 Å². The van der Waals surface area contributed by atoms with E-state index in [0.717, 1.165) is 17.7 Å². The Labute approximate surface area is 121 Å². The van der Waals surface area contributed by atoms with E-state index in [4.69, 9.17) is 0 Å². The van der Waals surface area contributed by atoms with E-state index in [-0.39, 0.29) is 18.1 Å². The van der Waals surface area contributed by atoms with Gasteiger partial charge >= 0.3 is 5.82 Å². The summed E-state index contributed by atoms with van der Waals surface area (Å²) in [4.78, 5) is 28.1. The highest BCUT2D eigenvalue weighted by Crippen LogP contribution is 2.27. The number of rotatable bonds is 3. The Kier molecular flexibility index (Phi) is 3.35. The first-order chi connectivity index (χ1) is 10.1. The van der Waals surface area contributed by atoms with Gasteiger partial charge in [-0.2, -0.15) is 0 Å². The third-order valence-corrected chi connectivity index (χ3v) is 3.50. The van der Waals surface area contributed by atoms with Gasteiger partial charge in [-0.1, -0.05) is 18.2 Å². The maximum Gasteiger partial charge on any atom is 0.363 e. The molecule has 0 unspecified atom stereocenters. The van der Waals surface area contributed by atoms with Crippen LogP contribution in [0.2, 0.25) is 0 Å². The van der Waals surface area contributed by atoms with Gasteiger partial charge in [0.05, 0.1) is 6.42 Å². The topological polar surface area (TPSA) is 76.3 Å². The minimum atomic E-state index is -0.556. The zero-order chi connectivity index (χ0) is 14.8. The van der Waals surface area contributed by atoms with Crippen LogP contribution in [0.4, 0.5) is 11.5 Å². The van der Waals surface area contributed by atoms with E-state index in [1.165, 1.54) is 6.07 Å². The molecule has 0 bridgehead atoms. The molecule has 0 N–H and O–H groups in total. The minimum Gasteiger partial charge on any atom is -0.358 e. The molecule has 0 spiro atoms. The van der Waals surface area contributed by atoms with Gasteiger partial charge < -0.3 is 15.0 Å². The molecule has 1 aliphatic rings. The Morgan fingerprint density at radius 1 is 1.24 bits per heavy atom. The van der Waals surface area contributed by atoms with E-state index in [1.807, 2.05) is 24.3 Å². The van der Waals surface area contributed by atoms with Crippen LogP contribution in [0.3, 0.4) is 0 Å². The average molecular weight is 283 g/mol. The summed E-state index contributed by atoms with van der Waals surface area (Å²) in [6, 6.07) is 12.3. The van der Waals surface area contributed by atoms with Gasteiger partial charge in [-0.15, -0.1) is 0 Å². The summed E-state index contributed by atoms with van der Waals surface area (Å²) in [6.45, 7) is 0.646. The van der Waals surface area contributed by atoms with Crippen LogP contribution in [0.1, 0.15) is 11.3 Å². The second kappa shape index (κ2) is 5.32. The molecule has 0 radical (unpaired) electrons. The fourth-order valence-electron chi connectivity index (χ4n) is 2.51. The van der Waals surface area contributed by atoms with Crippen molar-refractivity contribution in [1.82, 2.24) is 4.98 Å². The zero-order valence-corrected chi connectivity index (χ0v) is 11.2. The molecule has 0 aliphatic carbocycles. The Balaban J connectivity index is 1.79. The lowest BCUT2D eigenvalue weighted by Crippen LogP contribution is -2.30. The number of hydrogen-bond acceptors (Lipinski definition) is 4. The smallest absolute Gasteiger partial charge is 0.358 e. The molecule has 0 saturated heterocycles. The molecule has 0 saturated carbocycles. The molecule has 1 aromatic heterocycles. The van der Waals surface area contributed by atoms with Crippen molar-refractivity contribution in [2.45, 2.75) is 12.8 Å². The van der Waals surface area contributed by atoms with E-state index in [0.29, 0.717) is 12.2 Å². The molecule has 106 valence electrons. The van der Waals surface area contributed by atoms with E-state index in [9.17, 15) is 14.9 Å². The standard InChI is InChI=1S/C15H13N3O3/c19-15(10-12-5-3-7-14(16-12)18(20)21)17-9-8-11-4-1-2-6-13(11)17/h1-7H,8-10H2. The van der Waals surface area contributed by atoms with Crippen molar-refractivity contribution in [1.29, 1.82) is 0 Å². The van der Waals surface area contributed by atoms with Crippen LogP contribution in [0.5, 0.6) is 0 Å². The number of carbonyl (C=O) groups excluding carboxylic acids is 1. The first-order valence-corrected chi connectivity index (χ1v) is 6.64. The number of anilines is 1. The molecule has 1 aromatic carbocycles. The maximum absolute atomic E-state index is 12.4. The molecule has 6 nitrogen and oxygen atoms in total. The monoisotopic (exact) mass is 283 g/mol. The SMILES string of the molecule is O=C(Cc1cccc([N+](=O)[O-])n1)N1CCc2ccccc21. The van der Waals surface area contributed by atoms with Gasteiger partial charge in [-0.25, -0.2) is 0 Å². The lowest BCUT2D eigenvalue weighted by molar-refractivity contribution is -0.389. The number of nitro groups is 1. The number of nitrogens with zero attached hydrogens (tertiary/aromatic N) is 3. The van der Waals surface area contributed by atoms with Gasteiger partial charge in [-0.05, 0) is 40.1 Å². The minimum absolute atomic E-state index is 0.0655. The van der Waals surface area contributed by atoms with Crippen LogP contribution in [-0.2, 0) is 17.6 Å². The number of aromatic nitrogens is 1. The maximum atomic E-state index is 12.4. The number of hydrogen-bond donors (Lipinski definition) is 0. The van der Waals surface area contributed by atoms with Gasteiger partial charge in [0, 0.05) is 18.3 Å². The summed E-state index contributed by atoms with van der Waals surface area (Å²) < 4.78 is 0. The van der Waals surface area contributed by atoms with E-state index in [1.54, 1.807) is 17.0 Å². The predicted molar refractivity (Wildman–Crippen MR) is 77.1 cm³/mol. The second-order valence-corrected chi connectivity index (χ2v) is 4.85. The summed E-state index contributed by atoms with van der Waals surface area (Å²) >= 11 is 0. The normalized spacial score (nSPS) is 13.0. The van der Waals surface area contributed by atoms with Crippen molar-refractivity contribution >= 4 is 17.4 Å².